The molecular formula is C31H35ClN6O. The minimum Gasteiger partial charge on any atom is -0.392 e. The van der Waals surface area contributed by atoms with Crippen LogP contribution < -0.4 is 10.2 Å². The van der Waals surface area contributed by atoms with Gasteiger partial charge >= 0.3 is 0 Å². The van der Waals surface area contributed by atoms with Crippen LogP contribution in [0.1, 0.15) is 37.7 Å². The number of nitrogens with zero attached hydrogens (tertiary/aromatic N) is 4. The molecular weight excluding hydrogens is 508 g/mol. The first-order chi connectivity index (χ1) is 19.1. The highest BCUT2D eigenvalue weighted by molar-refractivity contribution is 6.33. The highest BCUT2D eigenvalue weighted by Crippen LogP contribution is 2.36. The molecule has 202 valence electrons. The van der Waals surface area contributed by atoms with Crippen LogP contribution in [0.5, 0.6) is 0 Å². The number of rotatable bonds is 7. The smallest absolute Gasteiger partial charge is 0.227 e. The quantitative estimate of drug-likeness (QED) is 0.265. The summed E-state index contributed by atoms with van der Waals surface area (Å²) in [4.78, 5) is 17.7. The van der Waals surface area contributed by atoms with Crippen molar-refractivity contribution in [1.29, 1.82) is 0 Å². The second kappa shape index (κ2) is 10.5. The molecule has 1 atom stereocenters. The van der Waals surface area contributed by atoms with Crippen molar-refractivity contribution in [2.75, 3.05) is 36.4 Å². The Kier molecular flexibility index (Phi) is 6.67. The number of hydrogen-bond acceptors (Lipinski definition) is 6. The second-order valence-corrected chi connectivity index (χ2v) is 11.9. The lowest BCUT2D eigenvalue weighted by molar-refractivity contribution is 0.148. The molecule has 3 fully saturated rings. The second-order valence-electron chi connectivity index (χ2n) is 11.5. The number of H-pyrrole nitrogens is 1. The zero-order chi connectivity index (χ0) is 26.3. The molecule has 0 spiro atoms. The van der Waals surface area contributed by atoms with E-state index >= 15 is 0 Å². The van der Waals surface area contributed by atoms with Gasteiger partial charge in [0, 0.05) is 66.3 Å². The van der Waals surface area contributed by atoms with Crippen LogP contribution in [0.3, 0.4) is 0 Å². The lowest BCUT2D eigenvalue weighted by Gasteiger charge is -2.38. The molecule has 0 unspecified atom stereocenters. The molecule has 2 aromatic heterocycles. The number of aromatic nitrogens is 3. The standard InChI is InChI=1S/C31H35ClN6O/c32-28-18-34-31(36-30(28)27-17-33-29-4-2-1-3-26(27)29)35-22-14-21(13-20-5-6-20)15-24(16-22)37-10-7-23(8-11-37)38-12-9-25(39)19-38/h1-4,14-18,20,23,25,33,39H,5-13,19H2,(H,34,35,36)/t25-/m0/s1. The van der Waals surface area contributed by atoms with Gasteiger partial charge in [0.1, 0.15) is 0 Å². The fourth-order valence-corrected chi connectivity index (χ4v) is 6.50. The van der Waals surface area contributed by atoms with E-state index in [9.17, 15) is 5.11 Å². The third-order valence-corrected chi connectivity index (χ3v) is 8.86. The van der Waals surface area contributed by atoms with Crippen LogP contribution in [0, 0.1) is 5.92 Å². The number of para-hydroxylation sites is 1. The monoisotopic (exact) mass is 542 g/mol. The van der Waals surface area contributed by atoms with Crippen LogP contribution in [0.15, 0.2) is 54.9 Å². The summed E-state index contributed by atoms with van der Waals surface area (Å²) in [6, 6.07) is 15.6. The van der Waals surface area contributed by atoms with Gasteiger partial charge in [-0.25, -0.2) is 9.97 Å². The van der Waals surface area contributed by atoms with Crippen molar-refractivity contribution >= 4 is 39.8 Å². The predicted molar refractivity (Wildman–Crippen MR) is 158 cm³/mol. The summed E-state index contributed by atoms with van der Waals surface area (Å²) in [6.07, 6.45) is 10.4. The van der Waals surface area contributed by atoms with Gasteiger partial charge in [0.2, 0.25) is 5.95 Å². The fraction of sp³-hybridized carbons (Fsp3) is 0.419. The molecule has 0 radical (unpaired) electrons. The molecule has 1 saturated carbocycles. The molecule has 2 aliphatic heterocycles. The molecule has 4 heterocycles. The van der Waals surface area contributed by atoms with Gasteiger partial charge in [-0.2, -0.15) is 0 Å². The van der Waals surface area contributed by atoms with Crippen LogP contribution >= 0.6 is 11.6 Å². The molecule has 3 N–H and O–H groups in total. The number of halogens is 1. The molecule has 7 nitrogen and oxygen atoms in total. The Morgan fingerprint density at radius 2 is 1.87 bits per heavy atom. The van der Waals surface area contributed by atoms with Crippen molar-refractivity contribution in [3.63, 3.8) is 0 Å². The summed E-state index contributed by atoms with van der Waals surface area (Å²) in [6.45, 7) is 3.92. The Morgan fingerprint density at radius 3 is 2.67 bits per heavy atom. The van der Waals surface area contributed by atoms with E-state index in [4.69, 9.17) is 16.6 Å². The number of benzene rings is 2. The van der Waals surface area contributed by atoms with E-state index in [1.807, 2.05) is 18.3 Å². The molecule has 2 saturated heterocycles. The number of hydrogen-bond donors (Lipinski definition) is 3. The van der Waals surface area contributed by atoms with Crippen molar-refractivity contribution in [2.45, 2.75) is 50.7 Å². The molecule has 39 heavy (non-hydrogen) atoms. The summed E-state index contributed by atoms with van der Waals surface area (Å²) < 4.78 is 0. The van der Waals surface area contributed by atoms with Crippen molar-refractivity contribution in [3.05, 3.63) is 65.4 Å². The topological polar surface area (TPSA) is 80.3 Å². The van der Waals surface area contributed by atoms with Gasteiger partial charge in [0.15, 0.2) is 0 Å². The Bertz CT molecular complexity index is 1480. The summed E-state index contributed by atoms with van der Waals surface area (Å²) in [5, 5.41) is 15.1. The lowest BCUT2D eigenvalue weighted by atomic mass is 10.0. The van der Waals surface area contributed by atoms with Gasteiger partial charge in [0.05, 0.1) is 23.0 Å². The Balaban J connectivity index is 1.13. The molecule has 4 aromatic rings. The predicted octanol–water partition coefficient (Wildman–Crippen LogP) is 6.01. The van der Waals surface area contributed by atoms with Gasteiger partial charge in [-0.05, 0) is 74.3 Å². The van der Waals surface area contributed by atoms with E-state index < -0.39 is 0 Å². The first-order valence-corrected chi connectivity index (χ1v) is 14.6. The van der Waals surface area contributed by atoms with Gasteiger partial charge in [0.25, 0.3) is 0 Å². The Morgan fingerprint density at radius 1 is 1.03 bits per heavy atom. The van der Waals surface area contributed by atoms with Crippen LogP contribution in [0.4, 0.5) is 17.3 Å². The Labute approximate surface area is 234 Å². The molecule has 3 aliphatic rings. The number of nitrogens with one attached hydrogen (secondary N) is 2. The highest BCUT2D eigenvalue weighted by Gasteiger charge is 2.30. The zero-order valence-electron chi connectivity index (χ0n) is 22.1. The van der Waals surface area contributed by atoms with Crippen LogP contribution in [-0.2, 0) is 6.42 Å². The minimum absolute atomic E-state index is 0.151. The molecule has 2 aromatic carbocycles. The zero-order valence-corrected chi connectivity index (χ0v) is 22.9. The third-order valence-electron chi connectivity index (χ3n) is 8.58. The summed E-state index contributed by atoms with van der Waals surface area (Å²) in [7, 11) is 0. The lowest BCUT2D eigenvalue weighted by Crippen LogP contribution is -2.44. The Hall–Kier alpha value is -3.13. The summed E-state index contributed by atoms with van der Waals surface area (Å²) in [5.74, 6) is 1.35. The van der Waals surface area contributed by atoms with E-state index in [0.717, 1.165) is 85.6 Å². The van der Waals surface area contributed by atoms with Crippen molar-refractivity contribution in [3.8, 4) is 11.3 Å². The molecule has 7 rings (SSSR count). The normalized spacial score (nSPS) is 20.7. The van der Waals surface area contributed by atoms with E-state index in [-0.39, 0.29) is 6.10 Å². The number of β-amino-alcohol motifs (C(OH)–C–C–N with tert-alkyl or cyclic N) is 1. The SMILES string of the molecule is O[C@H]1CCN(C2CCN(c3cc(CC4CC4)cc(Nc4ncc(Cl)c(-c5c[nH]c6ccccc56)n4)c3)CC2)C1. The maximum Gasteiger partial charge on any atom is 0.227 e. The van der Waals surface area contributed by atoms with Gasteiger partial charge in [-0.1, -0.05) is 29.8 Å². The minimum atomic E-state index is -0.151. The number of aliphatic hydroxyl groups is 1. The number of aromatic amines is 1. The maximum atomic E-state index is 9.97. The van der Waals surface area contributed by atoms with Crippen LogP contribution in [0.25, 0.3) is 22.2 Å². The van der Waals surface area contributed by atoms with Crippen molar-refractivity contribution < 1.29 is 5.11 Å². The molecule has 1 aliphatic carbocycles. The van der Waals surface area contributed by atoms with Crippen LogP contribution in [-0.4, -0.2) is 63.3 Å². The number of aliphatic hydroxyl groups excluding tert-OH is 1. The van der Waals surface area contributed by atoms with Crippen molar-refractivity contribution in [2.24, 2.45) is 5.92 Å². The first kappa shape index (κ1) is 24.9. The van der Waals surface area contributed by atoms with E-state index in [0.29, 0.717) is 17.0 Å². The number of anilines is 3. The number of piperidine rings is 1. The first-order valence-electron chi connectivity index (χ1n) is 14.3. The van der Waals surface area contributed by atoms with Crippen LogP contribution in [0.2, 0.25) is 5.02 Å². The number of likely N-dealkylation sites (tertiary alicyclic amines) is 1. The van der Waals surface area contributed by atoms with Gasteiger partial charge < -0.3 is 20.3 Å². The van der Waals surface area contributed by atoms with Gasteiger partial charge in [-0.15, -0.1) is 0 Å². The maximum absolute atomic E-state index is 9.97. The summed E-state index contributed by atoms with van der Waals surface area (Å²) >= 11 is 6.58. The van der Waals surface area contributed by atoms with Gasteiger partial charge in [-0.3, -0.25) is 4.90 Å². The highest BCUT2D eigenvalue weighted by atomic mass is 35.5. The number of fused-ring (bicyclic) bond motifs is 1. The summed E-state index contributed by atoms with van der Waals surface area (Å²) in [5.41, 5.74) is 6.39. The third kappa shape index (κ3) is 5.36. The fourth-order valence-electron chi connectivity index (χ4n) is 6.30. The average molecular weight is 543 g/mol. The van der Waals surface area contributed by atoms with E-state index in [1.165, 1.54) is 24.1 Å². The average Bonchev–Trinajstić information content (AvgIpc) is 3.49. The largest absolute Gasteiger partial charge is 0.392 e. The van der Waals surface area contributed by atoms with E-state index in [2.05, 4.69) is 55.4 Å². The van der Waals surface area contributed by atoms with Crippen molar-refractivity contribution in [1.82, 2.24) is 19.9 Å². The molecule has 0 bridgehead atoms. The van der Waals surface area contributed by atoms with E-state index in [1.54, 1.807) is 6.20 Å². The molecule has 0 amide bonds. The molecule has 8 heteroatoms.